The molecule has 200 valence electrons. The maximum absolute atomic E-state index is 13.1. The van der Waals surface area contributed by atoms with Crippen molar-refractivity contribution >= 4 is 15.9 Å². The number of ether oxygens (including phenoxy) is 2. The Balaban J connectivity index is 1.84. The molecule has 1 amide bonds. The summed E-state index contributed by atoms with van der Waals surface area (Å²) in [6, 6.07) is 0.571. The molecule has 8 nitrogen and oxygen atoms in total. The fraction of sp³-hybridized carbons (Fsp3) is 0.731. The molecule has 0 aromatic carbocycles. The largest absolute Gasteiger partial charge is 0.501 e. The van der Waals surface area contributed by atoms with Crippen molar-refractivity contribution in [3.63, 3.8) is 0 Å². The van der Waals surface area contributed by atoms with Gasteiger partial charge in [-0.3, -0.25) is 4.79 Å². The number of methoxy groups -OCH3 is 1. The first-order valence-electron chi connectivity index (χ1n) is 12.5. The number of piperidine rings is 1. The Morgan fingerprint density at radius 3 is 2.26 bits per heavy atom. The predicted octanol–water partition coefficient (Wildman–Crippen LogP) is 3.39. The Bertz CT molecular complexity index is 931. The summed E-state index contributed by atoms with van der Waals surface area (Å²) in [5.41, 5.74) is 1.36. The average molecular weight is 512 g/mol. The molecular formula is C26H45N3O5S. The van der Waals surface area contributed by atoms with E-state index in [9.17, 15) is 13.2 Å². The van der Waals surface area contributed by atoms with Crippen LogP contribution in [0.25, 0.3) is 0 Å². The number of carbonyl (C=O) groups excluding carboxylic acids is 1. The molecule has 2 aliphatic heterocycles. The Morgan fingerprint density at radius 2 is 1.74 bits per heavy atom. The van der Waals surface area contributed by atoms with E-state index in [4.69, 9.17) is 9.47 Å². The second-order valence-corrected chi connectivity index (χ2v) is 12.3. The van der Waals surface area contributed by atoms with Crippen molar-refractivity contribution in [2.75, 3.05) is 60.1 Å². The average Bonchev–Trinajstić information content (AvgIpc) is 3.20. The molecule has 0 radical (unpaired) electrons. The summed E-state index contributed by atoms with van der Waals surface area (Å²) in [5.74, 6) is 0.581. The molecule has 0 bridgehead atoms. The second kappa shape index (κ2) is 12.5. The Hall–Kier alpha value is -1.68. The van der Waals surface area contributed by atoms with Crippen LogP contribution in [0, 0.1) is 5.41 Å². The molecule has 0 aromatic rings. The summed E-state index contributed by atoms with van der Waals surface area (Å²) in [6.07, 6.45) is 4.97. The topological polar surface area (TPSA) is 79.4 Å². The van der Waals surface area contributed by atoms with Crippen LogP contribution < -0.4 is 0 Å². The number of sulfonamides is 1. The summed E-state index contributed by atoms with van der Waals surface area (Å²) >= 11 is 0. The molecule has 2 saturated heterocycles. The number of likely N-dealkylation sites (N-methyl/N-ethyl adjacent to an activating group) is 1. The van der Waals surface area contributed by atoms with Gasteiger partial charge in [0.05, 0.1) is 24.4 Å². The first kappa shape index (κ1) is 29.5. The summed E-state index contributed by atoms with van der Waals surface area (Å²) in [4.78, 5) is 17.2. The predicted molar refractivity (Wildman–Crippen MR) is 140 cm³/mol. The van der Waals surface area contributed by atoms with Crippen molar-refractivity contribution in [1.29, 1.82) is 0 Å². The van der Waals surface area contributed by atoms with Crippen molar-refractivity contribution in [2.45, 2.75) is 59.9 Å². The third kappa shape index (κ3) is 7.65. The van der Waals surface area contributed by atoms with E-state index in [1.165, 1.54) is 24.9 Å². The van der Waals surface area contributed by atoms with E-state index in [0.29, 0.717) is 28.4 Å². The minimum atomic E-state index is -3.76. The quantitative estimate of drug-likeness (QED) is 0.240. The number of likely N-dealkylation sites (tertiary alicyclic amines) is 2. The van der Waals surface area contributed by atoms with Crippen molar-refractivity contribution in [3.8, 4) is 0 Å². The lowest BCUT2D eigenvalue weighted by molar-refractivity contribution is -0.138. The van der Waals surface area contributed by atoms with Gasteiger partial charge < -0.3 is 19.3 Å². The van der Waals surface area contributed by atoms with E-state index >= 15 is 0 Å². The van der Waals surface area contributed by atoms with Crippen LogP contribution in [-0.4, -0.2) is 94.6 Å². The van der Waals surface area contributed by atoms with Crippen molar-refractivity contribution < 1.29 is 22.7 Å². The summed E-state index contributed by atoms with van der Waals surface area (Å²) in [6.45, 7) is 17.6. The molecule has 0 unspecified atom stereocenters. The van der Waals surface area contributed by atoms with Crippen LogP contribution in [-0.2, 0) is 24.3 Å². The van der Waals surface area contributed by atoms with Crippen LogP contribution in [0.5, 0.6) is 0 Å². The van der Waals surface area contributed by atoms with Crippen molar-refractivity contribution in [2.24, 2.45) is 5.41 Å². The molecule has 2 heterocycles. The Labute approximate surface area is 212 Å². The van der Waals surface area contributed by atoms with Gasteiger partial charge >= 0.3 is 0 Å². The van der Waals surface area contributed by atoms with E-state index in [0.717, 1.165) is 39.0 Å². The van der Waals surface area contributed by atoms with Gasteiger partial charge in [-0.2, -0.15) is 4.31 Å². The van der Waals surface area contributed by atoms with Gasteiger partial charge in [0, 0.05) is 39.3 Å². The normalized spacial score (nSPS) is 20.0. The summed E-state index contributed by atoms with van der Waals surface area (Å²) in [5, 5.41) is 0. The number of hydrogen-bond donors (Lipinski definition) is 0. The highest BCUT2D eigenvalue weighted by atomic mass is 32.2. The molecule has 0 aromatic heterocycles. The fourth-order valence-corrected chi connectivity index (χ4v) is 6.49. The lowest BCUT2D eigenvalue weighted by atomic mass is 9.78. The van der Waals surface area contributed by atoms with Crippen LogP contribution >= 0.6 is 0 Å². The number of rotatable bonds is 11. The minimum Gasteiger partial charge on any atom is -0.501 e. The van der Waals surface area contributed by atoms with Crippen molar-refractivity contribution in [3.05, 3.63) is 34.5 Å². The first-order chi connectivity index (χ1) is 16.3. The highest BCUT2D eigenvalue weighted by Gasteiger charge is 2.41. The van der Waals surface area contributed by atoms with E-state index in [2.05, 4.69) is 25.3 Å². The van der Waals surface area contributed by atoms with Crippen LogP contribution in [0.4, 0.5) is 0 Å². The summed E-state index contributed by atoms with van der Waals surface area (Å²) < 4.78 is 38.3. The van der Waals surface area contributed by atoms with Gasteiger partial charge in [-0.25, -0.2) is 8.42 Å². The molecule has 0 N–H and O–H groups in total. The van der Waals surface area contributed by atoms with Gasteiger partial charge in [-0.05, 0) is 83.1 Å². The lowest BCUT2D eigenvalue weighted by Gasteiger charge is -2.39. The molecule has 35 heavy (non-hydrogen) atoms. The SMILES string of the molecule is C=C(C)/C(=C(C)\C=C(/C)OC)S(=O)(=O)N(C)CCOCC(=O)N1CCC2(CC1)CCN(C(C)C)C2. The molecule has 0 saturated carbocycles. The molecule has 2 aliphatic rings. The first-order valence-corrected chi connectivity index (χ1v) is 13.9. The Morgan fingerprint density at radius 1 is 1.14 bits per heavy atom. The number of carbonyl (C=O) groups is 1. The third-order valence-electron chi connectivity index (χ3n) is 7.31. The standard InChI is InChI=1S/C26H45N3O5S/c1-20(2)25(22(5)17-23(6)33-8)35(31,32)27(7)15-16-34-18-24(30)28-12-9-26(10-13-28)11-14-29(19-26)21(3)4/h17,21H,1,9-16,18-19H2,2-8H3/b23-17+,25-22+. The number of nitrogens with zero attached hydrogens (tertiary/aromatic N) is 3. The van der Waals surface area contributed by atoms with Crippen LogP contribution in [0.2, 0.25) is 0 Å². The zero-order valence-corrected chi connectivity index (χ0v) is 23.5. The van der Waals surface area contributed by atoms with E-state index in [1.807, 2.05) is 4.90 Å². The molecule has 0 atom stereocenters. The lowest BCUT2D eigenvalue weighted by Crippen LogP contribution is -2.46. The molecular weight excluding hydrogens is 466 g/mol. The fourth-order valence-electron chi connectivity index (χ4n) is 4.96. The minimum absolute atomic E-state index is 0.0254. The zero-order chi connectivity index (χ0) is 26.4. The van der Waals surface area contributed by atoms with E-state index in [-0.39, 0.29) is 30.6 Å². The van der Waals surface area contributed by atoms with E-state index < -0.39 is 10.0 Å². The van der Waals surface area contributed by atoms with Crippen molar-refractivity contribution in [1.82, 2.24) is 14.1 Å². The number of hydrogen-bond acceptors (Lipinski definition) is 6. The van der Waals surface area contributed by atoms with Gasteiger partial charge in [-0.15, -0.1) is 0 Å². The zero-order valence-electron chi connectivity index (χ0n) is 22.7. The van der Waals surface area contributed by atoms with Gasteiger partial charge in [0.1, 0.15) is 6.61 Å². The Kier molecular flexibility index (Phi) is 10.6. The van der Waals surface area contributed by atoms with Gasteiger partial charge in [0.2, 0.25) is 15.9 Å². The maximum Gasteiger partial charge on any atom is 0.248 e. The highest BCUT2D eigenvalue weighted by Crippen LogP contribution is 2.40. The van der Waals surface area contributed by atoms with Gasteiger partial charge in [-0.1, -0.05) is 6.58 Å². The molecule has 9 heteroatoms. The van der Waals surface area contributed by atoms with Crippen LogP contribution in [0.15, 0.2) is 34.5 Å². The monoisotopic (exact) mass is 511 g/mol. The highest BCUT2D eigenvalue weighted by molar-refractivity contribution is 7.93. The van der Waals surface area contributed by atoms with Crippen LogP contribution in [0.1, 0.15) is 53.9 Å². The molecule has 2 rings (SSSR count). The van der Waals surface area contributed by atoms with Gasteiger partial charge in [0.25, 0.3) is 0 Å². The molecule has 2 fully saturated rings. The summed E-state index contributed by atoms with van der Waals surface area (Å²) in [7, 11) is -0.717. The molecule has 1 spiro atoms. The second-order valence-electron chi connectivity index (χ2n) is 10.3. The van der Waals surface area contributed by atoms with Gasteiger partial charge in [0.15, 0.2) is 0 Å². The number of amides is 1. The maximum atomic E-state index is 13.1. The number of allylic oxidation sites excluding steroid dienone is 4. The third-order valence-corrected chi connectivity index (χ3v) is 9.50. The van der Waals surface area contributed by atoms with Crippen LogP contribution in [0.3, 0.4) is 0 Å². The van der Waals surface area contributed by atoms with E-state index in [1.54, 1.807) is 26.8 Å². The smallest absolute Gasteiger partial charge is 0.248 e. The molecule has 0 aliphatic carbocycles.